The third-order valence-corrected chi connectivity index (χ3v) is 4.83. The van der Waals surface area contributed by atoms with E-state index >= 15 is 0 Å². The lowest BCUT2D eigenvalue weighted by molar-refractivity contribution is -0.143. The molecule has 5 heteroatoms. The molecule has 0 aliphatic heterocycles. The summed E-state index contributed by atoms with van der Waals surface area (Å²) in [4.78, 5) is 23.9. The third-order valence-electron chi connectivity index (χ3n) is 4.18. The largest absolute Gasteiger partial charge is 0.480 e. The number of rotatable bonds is 7. The molecule has 2 N–H and O–H groups in total. The molecule has 0 unspecified atom stereocenters. The lowest BCUT2D eigenvalue weighted by atomic mass is 9.63. The summed E-state index contributed by atoms with van der Waals surface area (Å²) in [5, 5.41) is 12.0. The first-order chi connectivity index (χ1) is 10.1. The van der Waals surface area contributed by atoms with Gasteiger partial charge in [-0.2, -0.15) is 11.8 Å². The normalized spacial score (nSPS) is 17.6. The molecule has 1 fully saturated rings. The van der Waals surface area contributed by atoms with Crippen molar-refractivity contribution in [3.8, 4) is 0 Å². The van der Waals surface area contributed by atoms with E-state index in [0.29, 0.717) is 6.42 Å². The number of carbonyl (C=O) groups is 2. The first-order valence-electron chi connectivity index (χ1n) is 7.18. The lowest BCUT2D eigenvalue weighted by Crippen LogP contribution is -2.53. The highest BCUT2D eigenvalue weighted by Gasteiger charge is 2.46. The number of carboxylic acids is 1. The number of hydrogen-bond donors (Lipinski definition) is 2. The van der Waals surface area contributed by atoms with Gasteiger partial charge in [0.2, 0.25) is 5.91 Å². The Morgan fingerprint density at radius 3 is 2.48 bits per heavy atom. The first kappa shape index (κ1) is 15.9. The van der Waals surface area contributed by atoms with Crippen molar-refractivity contribution in [1.29, 1.82) is 0 Å². The van der Waals surface area contributed by atoms with Crippen molar-refractivity contribution >= 4 is 23.6 Å². The second-order valence-electron chi connectivity index (χ2n) is 5.45. The van der Waals surface area contributed by atoms with Crippen LogP contribution in [-0.2, 0) is 15.0 Å². The monoisotopic (exact) mass is 307 g/mol. The number of thioether (sulfide) groups is 1. The standard InChI is InChI=1S/C16H21NO3S/c1-21-11-8-13(14(18)19)17-15(20)16(9-5-10-16)12-6-3-2-4-7-12/h2-4,6-7,13H,5,8-11H2,1H3,(H,17,20)(H,18,19)/t13-/m1/s1. The van der Waals surface area contributed by atoms with E-state index in [1.807, 2.05) is 36.6 Å². The van der Waals surface area contributed by atoms with E-state index in [1.54, 1.807) is 11.8 Å². The van der Waals surface area contributed by atoms with Crippen molar-refractivity contribution in [3.63, 3.8) is 0 Å². The van der Waals surface area contributed by atoms with Gasteiger partial charge < -0.3 is 10.4 Å². The van der Waals surface area contributed by atoms with E-state index in [9.17, 15) is 14.7 Å². The van der Waals surface area contributed by atoms with Gasteiger partial charge in [-0.05, 0) is 36.8 Å². The van der Waals surface area contributed by atoms with Gasteiger partial charge in [0.25, 0.3) is 0 Å². The van der Waals surface area contributed by atoms with Gasteiger partial charge in [0.05, 0.1) is 5.41 Å². The lowest BCUT2D eigenvalue weighted by Gasteiger charge is -2.41. The predicted octanol–water partition coefficient (Wildman–Crippen LogP) is 2.43. The Hall–Kier alpha value is -1.49. The number of carboxylic acid groups (broad SMARTS) is 1. The summed E-state index contributed by atoms with van der Waals surface area (Å²) in [6, 6.07) is 8.88. The molecule has 0 radical (unpaired) electrons. The summed E-state index contributed by atoms with van der Waals surface area (Å²) in [6.45, 7) is 0. The highest BCUT2D eigenvalue weighted by atomic mass is 32.2. The third kappa shape index (κ3) is 3.40. The van der Waals surface area contributed by atoms with Gasteiger partial charge in [-0.1, -0.05) is 36.8 Å². The van der Waals surface area contributed by atoms with Gasteiger partial charge in [-0.25, -0.2) is 4.79 Å². The van der Waals surface area contributed by atoms with Gasteiger partial charge in [-0.15, -0.1) is 0 Å². The van der Waals surface area contributed by atoms with Crippen LogP contribution in [0.5, 0.6) is 0 Å². The Morgan fingerprint density at radius 2 is 2.00 bits per heavy atom. The minimum atomic E-state index is -0.958. The van der Waals surface area contributed by atoms with Gasteiger partial charge in [0.1, 0.15) is 6.04 Å². The van der Waals surface area contributed by atoms with Gasteiger partial charge >= 0.3 is 5.97 Å². The van der Waals surface area contributed by atoms with Crippen molar-refractivity contribution in [3.05, 3.63) is 35.9 Å². The Balaban J connectivity index is 2.11. The molecule has 0 bridgehead atoms. The summed E-state index contributed by atoms with van der Waals surface area (Å²) >= 11 is 1.58. The molecule has 0 spiro atoms. The Morgan fingerprint density at radius 1 is 1.33 bits per heavy atom. The van der Waals surface area contributed by atoms with Crippen LogP contribution in [0.15, 0.2) is 30.3 Å². The van der Waals surface area contributed by atoms with E-state index in [0.717, 1.165) is 30.6 Å². The zero-order chi connectivity index (χ0) is 15.3. The van der Waals surface area contributed by atoms with Crippen LogP contribution >= 0.6 is 11.8 Å². The molecule has 114 valence electrons. The van der Waals surface area contributed by atoms with Crippen LogP contribution in [0.2, 0.25) is 0 Å². The molecular formula is C16H21NO3S. The van der Waals surface area contributed by atoms with Crippen molar-refractivity contribution < 1.29 is 14.7 Å². The van der Waals surface area contributed by atoms with Crippen molar-refractivity contribution in [2.45, 2.75) is 37.1 Å². The molecule has 0 saturated heterocycles. The molecule has 1 aromatic carbocycles. The summed E-state index contributed by atoms with van der Waals surface area (Å²) in [6.07, 6.45) is 4.96. The van der Waals surface area contributed by atoms with Crippen molar-refractivity contribution in [1.82, 2.24) is 5.32 Å². The number of aliphatic carboxylic acids is 1. The van der Waals surface area contributed by atoms with Gasteiger partial charge in [0.15, 0.2) is 0 Å². The fourth-order valence-corrected chi connectivity index (χ4v) is 3.20. The Kier molecular flexibility index (Phi) is 5.28. The van der Waals surface area contributed by atoms with Crippen LogP contribution in [0.25, 0.3) is 0 Å². The average Bonchev–Trinajstić information content (AvgIpc) is 2.43. The maximum Gasteiger partial charge on any atom is 0.326 e. The quantitative estimate of drug-likeness (QED) is 0.812. The second-order valence-corrected chi connectivity index (χ2v) is 6.43. The summed E-state index contributed by atoms with van der Waals surface area (Å²) in [7, 11) is 0. The highest BCUT2D eigenvalue weighted by molar-refractivity contribution is 7.98. The van der Waals surface area contributed by atoms with Crippen LogP contribution in [-0.4, -0.2) is 35.0 Å². The van der Waals surface area contributed by atoms with Crippen molar-refractivity contribution in [2.24, 2.45) is 0 Å². The molecule has 21 heavy (non-hydrogen) atoms. The number of hydrogen-bond acceptors (Lipinski definition) is 3. The molecular weight excluding hydrogens is 286 g/mol. The summed E-state index contributed by atoms with van der Waals surface area (Å²) < 4.78 is 0. The van der Waals surface area contributed by atoms with Crippen LogP contribution in [0.4, 0.5) is 0 Å². The smallest absolute Gasteiger partial charge is 0.326 e. The van der Waals surface area contributed by atoms with Crippen LogP contribution < -0.4 is 5.32 Å². The SMILES string of the molecule is CSCC[C@@H](NC(=O)C1(c2ccccc2)CCC1)C(=O)O. The van der Waals surface area contributed by atoms with E-state index in [-0.39, 0.29) is 5.91 Å². The van der Waals surface area contributed by atoms with Crippen LogP contribution in [0.1, 0.15) is 31.2 Å². The maximum absolute atomic E-state index is 12.6. The van der Waals surface area contributed by atoms with Gasteiger partial charge in [0, 0.05) is 0 Å². The molecule has 4 nitrogen and oxygen atoms in total. The molecule has 0 heterocycles. The molecule has 1 aliphatic carbocycles. The molecule has 2 rings (SSSR count). The number of carbonyl (C=O) groups excluding carboxylic acids is 1. The van der Waals surface area contributed by atoms with E-state index in [4.69, 9.17) is 0 Å². The van der Waals surface area contributed by atoms with E-state index < -0.39 is 17.4 Å². The number of amides is 1. The first-order valence-corrected chi connectivity index (χ1v) is 8.58. The topological polar surface area (TPSA) is 66.4 Å². The second kappa shape index (κ2) is 6.98. The van der Waals surface area contributed by atoms with E-state index in [1.165, 1.54) is 0 Å². The fraction of sp³-hybridized carbons (Fsp3) is 0.500. The van der Waals surface area contributed by atoms with E-state index in [2.05, 4.69) is 5.32 Å². The van der Waals surface area contributed by atoms with Gasteiger partial charge in [-0.3, -0.25) is 4.79 Å². The minimum absolute atomic E-state index is 0.145. The molecule has 1 aromatic rings. The Labute approximate surface area is 129 Å². The number of benzene rings is 1. The highest BCUT2D eigenvalue weighted by Crippen LogP contribution is 2.44. The van der Waals surface area contributed by atoms with Crippen molar-refractivity contribution in [2.75, 3.05) is 12.0 Å². The van der Waals surface area contributed by atoms with Crippen LogP contribution in [0, 0.1) is 0 Å². The molecule has 1 atom stereocenters. The molecule has 0 aromatic heterocycles. The summed E-state index contributed by atoms with van der Waals surface area (Å²) in [5.74, 6) is -0.386. The zero-order valence-corrected chi connectivity index (χ0v) is 13.0. The zero-order valence-electron chi connectivity index (χ0n) is 12.2. The Bertz CT molecular complexity index is 500. The predicted molar refractivity (Wildman–Crippen MR) is 84.5 cm³/mol. The number of nitrogens with one attached hydrogen (secondary N) is 1. The minimum Gasteiger partial charge on any atom is -0.480 e. The average molecular weight is 307 g/mol. The molecule has 1 amide bonds. The fourth-order valence-electron chi connectivity index (χ4n) is 2.72. The maximum atomic E-state index is 12.6. The molecule has 1 saturated carbocycles. The summed E-state index contributed by atoms with van der Waals surface area (Å²) in [5.41, 5.74) is 0.455. The molecule has 1 aliphatic rings. The van der Waals surface area contributed by atoms with Crippen LogP contribution in [0.3, 0.4) is 0 Å².